The van der Waals surface area contributed by atoms with Gasteiger partial charge in [0.05, 0.1) is 14.2 Å². The van der Waals surface area contributed by atoms with Crippen LogP contribution in [0.25, 0.3) is 0 Å². The highest BCUT2D eigenvalue weighted by molar-refractivity contribution is 7.98. The number of thioether (sulfide) groups is 2. The summed E-state index contributed by atoms with van der Waals surface area (Å²) in [5.41, 5.74) is 2.69. The molecule has 0 aliphatic rings. The smallest absolute Gasteiger partial charge is 0.118 e. The van der Waals surface area contributed by atoms with E-state index in [1.165, 1.54) is 11.1 Å². The summed E-state index contributed by atoms with van der Waals surface area (Å²) in [5, 5.41) is 6.99. The molecular formula is C22H32N2O2S2. The largest absolute Gasteiger partial charge is 0.497 e. The van der Waals surface area contributed by atoms with E-state index >= 15 is 0 Å². The normalized spacial score (nSPS) is 10.8. The van der Waals surface area contributed by atoms with E-state index in [1.54, 1.807) is 14.2 Å². The van der Waals surface area contributed by atoms with E-state index < -0.39 is 0 Å². The first-order chi connectivity index (χ1) is 13.8. The molecule has 0 saturated heterocycles. The second-order valence-electron chi connectivity index (χ2n) is 6.30. The third-order valence-electron chi connectivity index (χ3n) is 4.18. The Morgan fingerprint density at radius 3 is 1.36 bits per heavy atom. The first-order valence-electron chi connectivity index (χ1n) is 9.64. The van der Waals surface area contributed by atoms with Crippen LogP contribution in [0.3, 0.4) is 0 Å². The summed E-state index contributed by atoms with van der Waals surface area (Å²) in [6, 6.07) is 16.6. The SMILES string of the molecule is COc1ccc(CSCCNCCNCCSCc2ccc(OC)cc2)cc1. The maximum Gasteiger partial charge on any atom is 0.118 e. The van der Waals surface area contributed by atoms with Gasteiger partial charge in [0, 0.05) is 49.2 Å². The number of hydrogen-bond donors (Lipinski definition) is 2. The van der Waals surface area contributed by atoms with Crippen LogP contribution in [0.2, 0.25) is 0 Å². The Hall–Kier alpha value is -1.34. The molecule has 0 unspecified atom stereocenters. The molecule has 0 aromatic heterocycles. The molecule has 28 heavy (non-hydrogen) atoms. The molecular weight excluding hydrogens is 388 g/mol. The van der Waals surface area contributed by atoms with Crippen molar-refractivity contribution < 1.29 is 9.47 Å². The van der Waals surface area contributed by atoms with Crippen molar-refractivity contribution in [2.45, 2.75) is 11.5 Å². The molecule has 154 valence electrons. The summed E-state index contributed by atoms with van der Waals surface area (Å²) in [4.78, 5) is 0. The number of methoxy groups -OCH3 is 2. The van der Waals surface area contributed by atoms with Crippen LogP contribution in [-0.4, -0.2) is 51.9 Å². The number of rotatable bonds is 15. The summed E-state index contributed by atoms with van der Waals surface area (Å²) >= 11 is 3.92. The molecule has 0 radical (unpaired) electrons. The second-order valence-corrected chi connectivity index (χ2v) is 8.51. The minimum Gasteiger partial charge on any atom is -0.497 e. The monoisotopic (exact) mass is 420 g/mol. The quantitative estimate of drug-likeness (QED) is 0.424. The Bertz CT molecular complexity index is 578. The van der Waals surface area contributed by atoms with E-state index in [0.29, 0.717) is 0 Å². The van der Waals surface area contributed by atoms with Gasteiger partial charge in [0.15, 0.2) is 0 Å². The maximum atomic E-state index is 5.18. The maximum absolute atomic E-state index is 5.18. The lowest BCUT2D eigenvalue weighted by Gasteiger charge is -2.07. The zero-order chi connectivity index (χ0) is 19.9. The van der Waals surface area contributed by atoms with Gasteiger partial charge in [-0.25, -0.2) is 0 Å². The van der Waals surface area contributed by atoms with Crippen molar-refractivity contribution in [2.75, 3.05) is 51.9 Å². The van der Waals surface area contributed by atoms with Crippen LogP contribution in [0.5, 0.6) is 11.5 Å². The molecule has 2 aromatic carbocycles. The van der Waals surface area contributed by atoms with Crippen molar-refractivity contribution in [3.63, 3.8) is 0 Å². The Balaban J connectivity index is 1.36. The topological polar surface area (TPSA) is 42.5 Å². The highest BCUT2D eigenvalue weighted by atomic mass is 32.2. The Labute approximate surface area is 178 Å². The van der Waals surface area contributed by atoms with Crippen molar-refractivity contribution in [2.24, 2.45) is 0 Å². The Morgan fingerprint density at radius 2 is 1.00 bits per heavy atom. The lowest BCUT2D eigenvalue weighted by molar-refractivity contribution is 0.414. The minimum absolute atomic E-state index is 0.919. The zero-order valence-corrected chi connectivity index (χ0v) is 18.5. The first-order valence-corrected chi connectivity index (χ1v) is 12.0. The molecule has 2 rings (SSSR count). The standard InChI is InChI=1S/C22H32N2O2S2/c1-25-21-7-3-19(4-8-21)17-27-15-13-23-11-12-24-14-16-28-18-20-5-9-22(26-2)10-6-20/h3-10,23-24H,11-18H2,1-2H3. The average Bonchev–Trinajstić information content (AvgIpc) is 2.75. The number of hydrogen-bond acceptors (Lipinski definition) is 6. The summed E-state index contributed by atoms with van der Waals surface area (Å²) in [6.45, 7) is 4.14. The zero-order valence-electron chi connectivity index (χ0n) is 16.9. The molecule has 2 aromatic rings. The van der Waals surface area contributed by atoms with Crippen LogP contribution in [-0.2, 0) is 11.5 Å². The summed E-state index contributed by atoms with van der Waals surface area (Å²) in [6.07, 6.45) is 0. The van der Waals surface area contributed by atoms with Gasteiger partial charge in [0.1, 0.15) is 11.5 Å². The predicted octanol–water partition coefficient (Wildman–Crippen LogP) is 4.05. The fourth-order valence-electron chi connectivity index (χ4n) is 2.54. The van der Waals surface area contributed by atoms with Crippen LogP contribution in [0.4, 0.5) is 0 Å². The van der Waals surface area contributed by atoms with E-state index in [1.807, 2.05) is 47.8 Å². The van der Waals surface area contributed by atoms with Gasteiger partial charge in [-0.05, 0) is 35.4 Å². The van der Waals surface area contributed by atoms with Gasteiger partial charge in [0.25, 0.3) is 0 Å². The van der Waals surface area contributed by atoms with Crippen LogP contribution in [0, 0.1) is 0 Å². The molecule has 0 spiro atoms. The van der Waals surface area contributed by atoms with Gasteiger partial charge in [-0.2, -0.15) is 23.5 Å². The molecule has 2 N–H and O–H groups in total. The van der Waals surface area contributed by atoms with Gasteiger partial charge in [-0.15, -0.1) is 0 Å². The summed E-state index contributed by atoms with van der Waals surface area (Å²) in [7, 11) is 3.40. The van der Waals surface area contributed by atoms with Crippen molar-refractivity contribution in [1.82, 2.24) is 10.6 Å². The van der Waals surface area contributed by atoms with E-state index in [9.17, 15) is 0 Å². The molecule has 0 amide bonds. The first kappa shape index (κ1) is 22.9. The highest BCUT2D eigenvalue weighted by Crippen LogP contribution is 2.17. The summed E-state index contributed by atoms with van der Waals surface area (Å²) in [5.74, 6) is 6.20. The van der Waals surface area contributed by atoms with Crippen LogP contribution in [0.1, 0.15) is 11.1 Å². The predicted molar refractivity (Wildman–Crippen MR) is 124 cm³/mol. The van der Waals surface area contributed by atoms with Gasteiger partial charge in [0.2, 0.25) is 0 Å². The molecule has 0 aliphatic carbocycles. The minimum atomic E-state index is 0.919. The number of ether oxygens (including phenoxy) is 2. The summed E-state index contributed by atoms with van der Waals surface area (Å²) < 4.78 is 10.4. The molecule has 4 nitrogen and oxygen atoms in total. The van der Waals surface area contributed by atoms with Crippen LogP contribution in [0.15, 0.2) is 48.5 Å². The van der Waals surface area contributed by atoms with E-state index in [2.05, 4.69) is 34.9 Å². The number of nitrogens with one attached hydrogen (secondary N) is 2. The molecule has 0 atom stereocenters. The third kappa shape index (κ3) is 9.73. The van der Waals surface area contributed by atoms with Crippen molar-refractivity contribution >= 4 is 23.5 Å². The third-order valence-corrected chi connectivity index (χ3v) is 6.24. The Kier molecular flexibility index (Phi) is 12.0. The second kappa shape index (κ2) is 14.6. The molecule has 0 saturated carbocycles. The number of benzene rings is 2. The molecule has 6 heteroatoms. The fourth-order valence-corrected chi connectivity index (χ4v) is 4.26. The van der Waals surface area contributed by atoms with Gasteiger partial charge >= 0.3 is 0 Å². The molecule has 0 bridgehead atoms. The molecule has 0 fully saturated rings. The lowest BCUT2D eigenvalue weighted by Crippen LogP contribution is -2.29. The van der Waals surface area contributed by atoms with E-state index in [0.717, 1.165) is 60.7 Å². The van der Waals surface area contributed by atoms with Crippen molar-refractivity contribution in [1.29, 1.82) is 0 Å². The van der Waals surface area contributed by atoms with Gasteiger partial charge in [-0.3, -0.25) is 0 Å². The highest BCUT2D eigenvalue weighted by Gasteiger charge is 1.97. The fraction of sp³-hybridized carbons (Fsp3) is 0.455. The van der Waals surface area contributed by atoms with E-state index in [4.69, 9.17) is 9.47 Å². The lowest BCUT2D eigenvalue weighted by atomic mass is 10.2. The molecule has 0 heterocycles. The van der Waals surface area contributed by atoms with Crippen molar-refractivity contribution in [3.8, 4) is 11.5 Å². The van der Waals surface area contributed by atoms with Crippen LogP contribution >= 0.6 is 23.5 Å². The average molecular weight is 421 g/mol. The van der Waals surface area contributed by atoms with E-state index in [-0.39, 0.29) is 0 Å². The van der Waals surface area contributed by atoms with Gasteiger partial charge in [-0.1, -0.05) is 24.3 Å². The van der Waals surface area contributed by atoms with Crippen LogP contribution < -0.4 is 20.1 Å². The Morgan fingerprint density at radius 1 is 0.607 bits per heavy atom. The molecule has 0 aliphatic heterocycles. The van der Waals surface area contributed by atoms with Gasteiger partial charge < -0.3 is 20.1 Å². The van der Waals surface area contributed by atoms with Crippen molar-refractivity contribution in [3.05, 3.63) is 59.7 Å².